The molecule has 0 saturated heterocycles. The number of amides is 1. The molecule has 1 heterocycles. The number of benzene rings is 1. The van der Waals surface area contributed by atoms with Crippen LogP contribution in [0.3, 0.4) is 0 Å². The van der Waals surface area contributed by atoms with Crippen molar-refractivity contribution in [2.24, 2.45) is 0 Å². The lowest BCUT2D eigenvalue weighted by molar-refractivity contribution is -0.121. The Morgan fingerprint density at radius 3 is 2.75 bits per heavy atom. The molecule has 2 aromatic rings. The van der Waals surface area contributed by atoms with E-state index in [1.54, 1.807) is 11.3 Å². The van der Waals surface area contributed by atoms with Crippen molar-refractivity contribution in [3.8, 4) is 5.75 Å². The van der Waals surface area contributed by atoms with Gasteiger partial charge in [-0.25, -0.2) is 0 Å². The Morgan fingerprint density at radius 1 is 1.15 bits per heavy atom. The topological polar surface area (TPSA) is 38.3 Å². The summed E-state index contributed by atoms with van der Waals surface area (Å²) in [6, 6.07) is 13.8. The molecule has 0 atom stereocenters. The summed E-state index contributed by atoms with van der Waals surface area (Å²) in [5, 5.41) is 4.95. The van der Waals surface area contributed by atoms with Gasteiger partial charge in [0.05, 0.1) is 6.61 Å². The molecule has 106 valence electrons. The molecule has 0 unspecified atom stereocenters. The predicted octanol–water partition coefficient (Wildman–Crippen LogP) is 3.27. The molecule has 0 bridgehead atoms. The first-order chi connectivity index (χ1) is 9.84. The van der Waals surface area contributed by atoms with Crippen LogP contribution >= 0.6 is 11.3 Å². The van der Waals surface area contributed by atoms with Crippen LogP contribution in [-0.4, -0.2) is 19.1 Å². The Bertz CT molecular complexity index is 496. The van der Waals surface area contributed by atoms with E-state index in [0.29, 0.717) is 19.6 Å². The maximum absolute atomic E-state index is 11.6. The number of ether oxygens (including phenoxy) is 1. The largest absolute Gasteiger partial charge is 0.494 e. The van der Waals surface area contributed by atoms with Crippen LogP contribution in [0.25, 0.3) is 0 Å². The highest BCUT2D eigenvalue weighted by atomic mass is 32.1. The van der Waals surface area contributed by atoms with E-state index in [1.807, 2.05) is 41.8 Å². The Labute approximate surface area is 123 Å². The van der Waals surface area contributed by atoms with E-state index in [4.69, 9.17) is 4.74 Å². The molecule has 0 aliphatic heterocycles. The van der Waals surface area contributed by atoms with Gasteiger partial charge in [0.25, 0.3) is 0 Å². The van der Waals surface area contributed by atoms with Gasteiger partial charge in [-0.3, -0.25) is 4.79 Å². The van der Waals surface area contributed by atoms with Crippen LogP contribution in [0.4, 0.5) is 0 Å². The standard InChI is InChI=1S/C16H19NO2S/c18-16(10-9-15-8-4-13-20-15)17-11-5-12-19-14-6-2-1-3-7-14/h1-4,6-8,13H,5,9-12H2,(H,17,18). The second-order valence-electron chi connectivity index (χ2n) is 4.44. The maximum Gasteiger partial charge on any atom is 0.220 e. The van der Waals surface area contributed by atoms with Crippen molar-refractivity contribution in [2.75, 3.05) is 13.2 Å². The van der Waals surface area contributed by atoms with E-state index < -0.39 is 0 Å². The van der Waals surface area contributed by atoms with Crippen molar-refractivity contribution in [1.29, 1.82) is 0 Å². The van der Waals surface area contributed by atoms with Crippen LogP contribution in [0, 0.1) is 0 Å². The lowest BCUT2D eigenvalue weighted by Gasteiger charge is -2.07. The lowest BCUT2D eigenvalue weighted by atomic mass is 10.2. The highest BCUT2D eigenvalue weighted by molar-refractivity contribution is 7.09. The van der Waals surface area contributed by atoms with E-state index in [-0.39, 0.29) is 5.91 Å². The Balaban J connectivity index is 1.51. The molecule has 1 amide bonds. The van der Waals surface area contributed by atoms with E-state index in [1.165, 1.54) is 4.88 Å². The minimum Gasteiger partial charge on any atom is -0.494 e. The highest BCUT2D eigenvalue weighted by Gasteiger charge is 2.02. The summed E-state index contributed by atoms with van der Waals surface area (Å²) in [5.41, 5.74) is 0. The molecule has 1 N–H and O–H groups in total. The predicted molar refractivity (Wildman–Crippen MR) is 82.2 cm³/mol. The second-order valence-corrected chi connectivity index (χ2v) is 5.48. The number of carbonyl (C=O) groups excluding carboxylic acids is 1. The summed E-state index contributed by atoms with van der Waals surface area (Å²) < 4.78 is 5.56. The minimum absolute atomic E-state index is 0.109. The summed E-state index contributed by atoms with van der Waals surface area (Å²) in [4.78, 5) is 12.9. The minimum atomic E-state index is 0.109. The zero-order valence-electron chi connectivity index (χ0n) is 11.4. The number of hydrogen-bond donors (Lipinski definition) is 1. The lowest BCUT2D eigenvalue weighted by Crippen LogP contribution is -2.25. The third kappa shape index (κ3) is 5.45. The van der Waals surface area contributed by atoms with Crippen molar-refractivity contribution >= 4 is 17.2 Å². The summed E-state index contributed by atoms with van der Waals surface area (Å²) in [7, 11) is 0. The van der Waals surface area contributed by atoms with Crippen LogP contribution in [0.15, 0.2) is 47.8 Å². The molecule has 4 heteroatoms. The Hall–Kier alpha value is -1.81. The van der Waals surface area contributed by atoms with E-state index in [0.717, 1.165) is 18.6 Å². The average Bonchev–Trinajstić information content (AvgIpc) is 2.99. The number of thiophene rings is 1. The van der Waals surface area contributed by atoms with Gasteiger partial charge in [0, 0.05) is 17.8 Å². The zero-order valence-corrected chi connectivity index (χ0v) is 12.2. The molecule has 1 aromatic carbocycles. The number of carbonyl (C=O) groups is 1. The quantitative estimate of drug-likeness (QED) is 0.757. The van der Waals surface area contributed by atoms with E-state index in [2.05, 4.69) is 11.4 Å². The molecule has 0 aliphatic carbocycles. The number of hydrogen-bond acceptors (Lipinski definition) is 3. The number of aryl methyl sites for hydroxylation is 1. The fraction of sp³-hybridized carbons (Fsp3) is 0.312. The highest BCUT2D eigenvalue weighted by Crippen LogP contribution is 2.10. The van der Waals surface area contributed by atoms with E-state index >= 15 is 0 Å². The molecule has 20 heavy (non-hydrogen) atoms. The van der Waals surface area contributed by atoms with E-state index in [9.17, 15) is 4.79 Å². The third-order valence-corrected chi connectivity index (χ3v) is 3.77. The molecule has 3 nitrogen and oxygen atoms in total. The molecule has 0 radical (unpaired) electrons. The Kier molecular flexibility index (Phi) is 6.11. The molecular weight excluding hydrogens is 270 g/mol. The smallest absolute Gasteiger partial charge is 0.220 e. The first-order valence-electron chi connectivity index (χ1n) is 6.81. The fourth-order valence-corrected chi connectivity index (χ4v) is 2.50. The summed E-state index contributed by atoms with van der Waals surface area (Å²) in [6.07, 6.45) is 2.20. The van der Waals surface area contributed by atoms with Gasteiger partial charge in [-0.15, -0.1) is 11.3 Å². The molecule has 1 aromatic heterocycles. The van der Waals surface area contributed by atoms with Gasteiger partial charge in [-0.2, -0.15) is 0 Å². The average molecular weight is 289 g/mol. The van der Waals surface area contributed by atoms with Crippen LogP contribution in [0.2, 0.25) is 0 Å². The molecule has 2 rings (SSSR count). The SMILES string of the molecule is O=C(CCc1cccs1)NCCCOc1ccccc1. The van der Waals surface area contributed by atoms with Crippen LogP contribution in [-0.2, 0) is 11.2 Å². The van der Waals surface area contributed by atoms with Crippen molar-refractivity contribution in [3.63, 3.8) is 0 Å². The monoisotopic (exact) mass is 289 g/mol. The first-order valence-corrected chi connectivity index (χ1v) is 7.69. The number of rotatable bonds is 8. The summed E-state index contributed by atoms with van der Waals surface area (Å²) >= 11 is 1.69. The van der Waals surface area contributed by atoms with Crippen molar-refractivity contribution < 1.29 is 9.53 Å². The van der Waals surface area contributed by atoms with Crippen molar-refractivity contribution in [3.05, 3.63) is 52.7 Å². The van der Waals surface area contributed by atoms with Crippen molar-refractivity contribution in [2.45, 2.75) is 19.3 Å². The summed E-state index contributed by atoms with van der Waals surface area (Å²) in [6.45, 7) is 1.28. The molecular formula is C16H19NO2S. The van der Waals surface area contributed by atoms with Gasteiger partial charge in [0.15, 0.2) is 0 Å². The van der Waals surface area contributed by atoms with Gasteiger partial charge >= 0.3 is 0 Å². The third-order valence-electron chi connectivity index (χ3n) is 2.83. The number of para-hydroxylation sites is 1. The normalized spacial score (nSPS) is 10.2. The van der Waals surface area contributed by atoms with Crippen LogP contribution in [0.5, 0.6) is 5.75 Å². The molecule has 0 spiro atoms. The molecule has 0 saturated carbocycles. The van der Waals surface area contributed by atoms with Crippen molar-refractivity contribution in [1.82, 2.24) is 5.32 Å². The first kappa shape index (κ1) is 14.6. The Morgan fingerprint density at radius 2 is 2.00 bits per heavy atom. The molecule has 0 aliphatic rings. The van der Waals surface area contributed by atoms with Gasteiger partial charge in [-0.1, -0.05) is 24.3 Å². The van der Waals surface area contributed by atoms with Gasteiger partial charge in [-0.05, 0) is 36.4 Å². The summed E-state index contributed by atoms with van der Waals surface area (Å²) in [5.74, 6) is 0.981. The van der Waals surface area contributed by atoms with Crippen LogP contribution in [0.1, 0.15) is 17.7 Å². The molecule has 0 fully saturated rings. The van der Waals surface area contributed by atoms with Gasteiger partial charge in [0.2, 0.25) is 5.91 Å². The van der Waals surface area contributed by atoms with Gasteiger partial charge in [0.1, 0.15) is 5.75 Å². The van der Waals surface area contributed by atoms with Crippen LogP contribution < -0.4 is 10.1 Å². The fourth-order valence-electron chi connectivity index (χ4n) is 1.79. The number of nitrogens with one attached hydrogen (secondary N) is 1. The maximum atomic E-state index is 11.6. The van der Waals surface area contributed by atoms with Gasteiger partial charge < -0.3 is 10.1 Å². The second kappa shape index (κ2) is 8.38. The zero-order chi connectivity index (χ0) is 14.0.